The average Bonchev–Trinajstić information content (AvgIpc) is 3.16. The molecular weight excluding hydrogens is 346 g/mol. The van der Waals surface area contributed by atoms with E-state index in [1.807, 2.05) is 11.8 Å². The lowest BCUT2D eigenvalue weighted by Gasteiger charge is -2.32. The van der Waals surface area contributed by atoms with Crippen LogP contribution in [-0.4, -0.2) is 64.0 Å². The van der Waals surface area contributed by atoms with Gasteiger partial charge < -0.3 is 9.80 Å². The van der Waals surface area contributed by atoms with Gasteiger partial charge in [0.1, 0.15) is 0 Å². The number of aromatic nitrogens is 3. The van der Waals surface area contributed by atoms with Crippen LogP contribution in [0.25, 0.3) is 11.4 Å². The Hall–Kier alpha value is -1.86. The van der Waals surface area contributed by atoms with Crippen molar-refractivity contribution >= 4 is 17.7 Å². The summed E-state index contributed by atoms with van der Waals surface area (Å²) in [4.78, 5) is 20.8. The van der Waals surface area contributed by atoms with E-state index < -0.39 is 0 Å². The fourth-order valence-electron chi connectivity index (χ4n) is 3.19. The molecule has 1 amide bonds. The molecule has 0 radical (unpaired) electrons. The number of nitrogens with zero attached hydrogens (tertiary/aromatic N) is 3. The first-order valence-corrected chi connectivity index (χ1v) is 10.3. The Morgan fingerprint density at radius 1 is 1.27 bits per heavy atom. The van der Waals surface area contributed by atoms with Crippen molar-refractivity contribution in [1.82, 2.24) is 20.1 Å². The molecule has 1 aromatic heterocycles. The lowest BCUT2D eigenvalue weighted by atomic mass is 10.1. The molecule has 1 saturated heterocycles. The van der Waals surface area contributed by atoms with Crippen LogP contribution in [0.5, 0.6) is 0 Å². The summed E-state index contributed by atoms with van der Waals surface area (Å²) in [6.07, 6.45) is 1.02. The Balaban J connectivity index is 1.58. The van der Waals surface area contributed by atoms with Crippen LogP contribution in [-0.2, 0) is 11.2 Å². The van der Waals surface area contributed by atoms with E-state index in [9.17, 15) is 4.79 Å². The summed E-state index contributed by atoms with van der Waals surface area (Å²) in [5, 5.41) is 7.71. The molecule has 0 spiro atoms. The van der Waals surface area contributed by atoms with Crippen LogP contribution in [0.2, 0.25) is 0 Å². The molecule has 7 heteroatoms. The Bertz CT molecular complexity index is 722. The molecule has 1 fully saturated rings. The monoisotopic (exact) mass is 374 g/mol. The quantitative estimate of drug-likeness (QED) is 0.747. The van der Waals surface area contributed by atoms with Gasteiger partial charge in [0.2, 0.25) is 11.1 Å². The van der Waals surface area contributed by atoms with Crippen LogP contribution < -0.4 is 4.90 Å². The van der Waals surface area contributed by atoms with Crippen molar-refractivity contribution in [3.05, 3.63) is 29.8 Å². The zero-order chi connectivity index (χ0) is 18.5. The van der Waals surface area contributed by atoms with E-state index >= 15 is 0 Å². The summed E-state index contributed by atoms with van der Waals surface area (Å²) >= 11 is 1.42. The third kappa shape index (κ3) is 4.45. The zero-order valence-electron chi connectivity index (χ0n) is 15.8. The number of quaternary nitrogens is 1. The van der Waals surface area contributed by atoms with Crippen molar-refractivity contribution in [3.8, 4) is 11.4 Å². The first-order valence-electron chi connectivity index (χ1n) is 9.41. The largest absolute Gasteiger partial charge is 0.332 e. The molecule has 0 bridgehead atoms. The summed E-state index contributed by atoms with van der Waals surface area (Å²) in [5.74, 6) is 0.929. The molecule has 26 heavy (non-hydrogen) atoms. The number of piperazine rings is 1. The number of hydrogen-bond donors (Lipinski definition) is 2. The van der Waals surface area contributed by atoms with Gasteiger partial charge in [0.25, 0.3) is 0 Å². The number of likely N-dealkylation sites (N-methyl/N-ethyl adjacent to an activating group) is 1. The van der Waals surface area contributed by atoms with E-state index in [1.165, 1.54) is 17.3 Å². The minimum absolute atomic E-state index is 0.177. The maximum atomic E-state index is 12.7. The van der Waals surface area contributed by atoms with Gasteiger partial charge in [-0.05, 0) is 25.8 Å². The predicted octanol–water partition coefficient (Wildman–Crippen LogP) is 1.26. The van der Waals surface area contributed by atoms with Gasteiger partial charge in [0.15, 0.2) is 5.82 Å². The van der Waals surface area contributed by atoms with E-state index in [2.05, 4.69) is 53.3 Å². The van der Waals surface area contributed by atoms with Crippen LogP contribution in [0.3, 0.4) is 0 Å². The van der Waals surface area contributed by atoms with E-state index in [0.29, 0.717) is 5.16 Å². The number of carbonyl (C=O) groups is 1. The summed E-state index contributed by atoms with van der Waals surface area (Å²) in [7, 11) is 0. The van der Waals surface area contributed by atoms with Crippen LogP contribution in [0.1, 0.15) is 26.3 Å². The van der Waals surface area contributed by atoms with Crippen LogP contribution >= 0.6 is 11.8 Å². The van der Waals surface area contributed by atoms with Gasteiger partial charge in [-0.1, -0.05) is 43.0 Å². The second kappa shape index (κ2) is 8.68. The topological polar surface area (TPSA) is 66.3 Å². The van der Waals surface area contributed by atoms with Crippen LogP contribution in [0.4, 0.5) is 0 Å². The molecule has 2 aromatic rings. The number of hydrogen-bond acceptors (Lipinski definition) is 4. The van der Waals surface area contributed by atoms with Gasteiger partial charge in [-0.25, -0.2) is 4.98 Å². The third-order valence-electron chi connectivity index (χ3n) is 5.01. The Morgan fingerprint density at radius 3 is 2.58 bits per heavy atom. The van der Waals surface area contributed by atoms with Crippen molar-refractivity contribution in [2.75, 3.05) is 32.7 Å². The highest BCUT2D eigenvalue weighted by molar-refractivity contribution is 8.00. The molecule has 6 nitrogen and oxygen atoms in total. The lowest BCUT2D eigenvalue weighted by molar-refractivity contribution is -0.902. The van der Waals surface area contributed by atoms with E-state index in [4.69, 9.17) is 0 Å². The van der Waals surface area contributed by atoms with Crippen molar-refractivity contribution in [3.63, 3.8) is 0 Å². The van der Waals surface area contributed by atoms with Gasteiger partial charge in [-0.3, -0.25) is 9.89 Å². The number of carbonyl (C=O) groups excluding carboxylic acids is 1. The minimum Gasteiger partial charge on any atom is -0.332 e. The summed E-state index contributed by atoms with van der Waals surface area (Å²) in [6.45, 7) is 11.2. The van der Waals surface area contributed by atoms with Gasteiger partial charge in [0, 0.05) is 5.56 Å². The third-order valence-corrected chi connectivity index (χ3v) is 5.96. The molecule has 0 aliphatic carbocycles. The highest BCUT2D eigenvalue weighted by Gasteiger charge is 2.27. The summed E-state index contributed by atoms with van der Waals surface area (Å²) in [5.41, 5.74) is 2.31. The first-order chi connectivity index (χ1) is 12.6. The molecule has 140 valence electrons. The molecule has 0 saturated carbocycles. The maximum Gasteiger partial charge on any atom is 0.236 e. The summed E-state index contributed by atoms with van der Waals surface area (Å²) < 4.78 is 0. The molecule has 1 aliphatic rings. The number of H-pyrrole nitrogens is 1. The molecule has 2 heterocycles. The zero-order valence-corrected chi connectivity index (χ0v) is 16.6. The Kier molecular flexibility index (Phi) is 6.32. The fraction of sp³-hybridized carbons (Fsp3) is 0.526. The summed E-state index contributed by atoms with van der Waals surface area (Å²) in [6, 6.07) is 8.32. The Morgan fingerprint density at radius 2 is 1.96 bits per heavy atom. The SMILES string of the molecule is CCc1ccc(-c2nc(S[C@H](C)C(=O)N3CC[NH+](CC)CC3)n[nH]2)cc1. The molecule has 1 atom stereocenters. The Labute approximate surface area is 159 Å². The van der Waals surface area contributed by atoms with Crippen molar-refractivity contribution < 1.29 is 9.69 Å². The van der Waals surface area contributed by atoms with E-state index in [0.717, 1.165) is 50.5 Å². The van der Waals surface area contributed by atoms with Crippen LogP contribution in [0, 0.1) is 0 Å². The molecule has 1 aliphatic heterocycles. The first kappa shape index (κ1) is 18.9. The normalized spacial score (nSPS) is 16.7. The fourth-order valence-corrected chi connectivity index (χ4v) is 4.00. The van der Waals surface area contributed by atoms with E-state index in [1.54, 1.807) is 4.90 Å². The van der Waals surface area contributed by atoms with Crippen LogP contribution in [0.15, 0.2) is 29.4 Å². The van der Waals surface area contributed by atoms with Gasteiger partial charge in [-0.15, -0.1) is 5.10 Å². The number of benzene rings is 1. The minimum atomic E-state index is -0.177. The molecule has 0 unspecified atom stereocenters. The van der Waals surface area contributed by atoms with Gasteiger partial charge in [0.05, 0.1) is 38.0 Å². The van der Waals surface area contributed by atoms with Crippen molar-refractivity contribution in [2.45, 2.75) is 37.6 Å². The highest BCUT2D eigenvalue weighted by atomic mass is 32.2. The molecule has 2 N–H and O–H groups in total. The second-order valence-corrected chi connectivity index (χ2v) is 8.01. The number of rotatable bonds is 6. The number of amides is 1. The average molecular weight is 375 g/mol. The smallest absolute Gasteiger partial charge is 0.236 e. The van der Waals surface area contributed by atoms with Crippen molar-refractivity contribution in [1.29, 1.82) is 0 Å². The van der Waals surface area contributed by atoms with Crippen molar-refractivity contribution in [2.24, 2.45) is 0 Å². The number of aromatic amines is 1. The molecular formula is C19H28N5OS+. The predicted molar refractivity (Wildman–Crippen MR) is 104 cm³/mol. The van der Waals surface area contributed by atoms with E-state index in [-0.39, 0.29) is 11.2 Å². The molecule has 3 rings (SSSR count). The number of nitrogens with one attached hydrogen (secondary N) is 2. The maximum absolute atomic E-state index is 12.7. The number of aryl methyl sites for hydroxylation is 1. The van der Waals surface area contributed by atoms with Gasteiger partial charge >= 0.3 is 0 Å². The second-order valence-electron chi connectivity index (χ2n) is 6.71. The lowest BCUT2D eigenvalue weighted by Crippen LogP contribution is -3.14. The standard InChI is InChI=1S/C19H27N5OS/c1-4-15-6-8-16(9-7-15)17-20-19(22-21-17)26-14(3)18(25)24-12-10-23(5-2)11-13-24/h6-9,14H,4-5,10-13H2,1-3H3,(H,20,21,22)/p+1/t14-/m1/s1. The number of thioether (sulfide) groups is 1. The molecule has 1 aromatic carbocycles. The highest BCUT2D eigenvalue weighted by Crippen LogP contribution is 2.24. The van der Waals surface area contributed by atoms with Gasteiger partial charge in [-0.2, -0.15) is 0 Å².